The van der Waals surface area contributed by atoms with Crippen LogP contribution in [0, 0.1) is 16.0 Å². The highest BCUT2D eigenvalue weighted by atomic mass is 16.6. The molecule has 0 unspecified atom stereocenters. The van der Waals surface area contributed by atoms with Crippen molar-refractivity contribution in [1.82, 2.24) is 0 Å². The minimum Gasteiger partial charge on any atom is -0.369 e. The van der Waals surface area contributed by atoms with Gasteiger partial charge in [0.2, 0.25) is 12.0 Å². The summed E-state index contributed by atoms with van der Waals surface area (Å²) in [5, 5.41) is 11.2. The number of benzene rings is 1. The number of carbonyl (C=O) groups is 1. The first-order valence-electron chi connectivity index (χ1n) is 6.43. The Labute approximate surface area is 120 Å². The predicted octanol–water partition coefficient (Wildman–Crippen LogP) is 1.26. The molecule has 0 saturated carbocycles. The molecule has 1 aliphatic heterocycles. The topological polar surface area (TPSA) is 119 Å². The molecular weight excluding hydrogens is 276 g/mol. The molecular formula is C13H14N4O4. The zero-order valence-electron chi connectivity index (χ0n) is 11.2. The van der Waals surface area contributed by atoms with Gasteiger partial charge in [-0.3, -0.25) is 14.9 Å². The second kappa shape index (κ2) is 6.15. The Morgan fingerprint density at radius 3 is 2.62 bits per heavy atom. The van der Waals surface area contributed by atoms with Crippen LogP contribution < -0.4 is 10.6 Å². The molecule has 0 radical (unpaired) electrons. The van der Waals surface area contributed by atoms with Crippen molar-refractivity contribution in [2.75, 3.05) is 18.0 Å². The minimum atomic E-state index is -0.515. The third-order valence-electron chi connectivity index (χ3n) is 3.57. The van der Waals surface area contributed by atoms with Crippen molar-refractivity contribution in [3.63, 3.8) is 0 Å². The number of hydrogen-bond donors (Lipinski definition) is 1. The molecule has 0 spiro atoms. The molecule has 1 saturated heterocycles. The van der Waals surface area contributed by atoms with Crippen LogP contribution in [-0.2, 0) is 9.59 Å². The summed E-state index contributed by atoms with van der Waals surface area (Å²) in [4.78, 5) is 37.2. The Morgan fingerprint density at radius 1 is 1.43 bits per heavy atom. The van der Waals surface area contributed by atoms with Gasteiger partial charge in [0.15, 0.2) is 0 Å². The summed E-state index contributed by atoms with van der Waals surface area (Å²) in [6.07, 6.45) is 2.50. The monoisotopic (exact) mass is 290 g/mol. The fourth-order valence-electron chi connectivity index (χ4n) is 2.45. The van der Waals surface area contributed by atoms with Crippen LogP contribution in [0.1, 0.15) is 12.8 Å². The maximum absolute atomic E-state index is 11.2. The van der Waals surface area contributed by atoms with Crippen molar-refractivity contribution >= 4 is 29.0 Å². The Kier molecular flexibility index (Phi) is 4.30. The summed E-state index contributed by atoms with van der Waals surface area (Å²) in [5.41, 5.74) is 5.79. The quantitative estimate of drug-likeness (QED) is 0.387. The van der Waals surface area contributed by atoms with Crippen LogP contribution in [0.3, 0.4) is 0 Å². The van der Waals surface area contributed by atoms with Gasteiger partial charge >= 0.3 is 0 Å². The Bertz CT molecular complexity index is 617. The van der Waals surface area contributed by atoms with Gasteiger partial charge in [-0.2, -0.15) is 4.99 Å². The molecule has 1 aliphatic rings. The molecule has 0 bridgehead atoms. The Morgan fingerprint density at radius 2 is 2.10 bits per heavy atom. The minimum absolute atomic E-state index is 0.121. The lowest BCUT2D eigenvalue weighted by Gasteiger charge is -2.31. The average molecular weight is 290 g/mol. The molecule has 8 heteroatoms. The first-order chi connectivity index (χ1) is 10.0. The van der Waals surface area contributed by atoms with Crippen molar-refractivity contribution in [3.8, 4) is 0 Å². The van der Waals surface area contributed by atoms with Crippen molar-refractivity contribution in [1.29, 1.82) is 0 Å². The van der Waals surface area contributed by atoms with E-state index in [9.17, 15) is 19.7 Å². The van der Waals surface area contributed by atoms with Crippen LogP contribution in [0.4, 0.5) is 17.1 Å². The fraction of sp³-hybridized carbons (Fsp3) is 0.385. The molecule has 0 aromatic heterocycles. The van der Waals surface area contributed by atoms with E-state index in [4.69, 9.17) is 5.73 Å². The second-order valence-corrected chi connectivity index (χ2v) is 4.80. The number of amides is 1. The largest absolute Gasteiger partial charge is 0.369 e. The van der Waals surface area contributed by atoms with Gasteiger partial charge in [0, 0.05) is 25.1 Å². The summed E-state index contributed by atoms with van der Waals surface area (Å²) >= 11 is 0. The molecule has 1 amide bonds. The smallest absolute Gasteiger partial charge is 0.294 e. The van der Waals surface area contributed by atoms with Crippen LogP contribution >= 0.6 is 0 Å². The van der Waals surface area contributed by atoms with Crippen molar-refractivity contribution in [2.45, 2.75) is 12.8 Å². The number of hydrogen-bond acceptors (Lipinski definition) is 6. The van der Waals surface area contributed by atoms with E-state index in [1.165, 1.54) is 18.2 Å². The van der Waals surface area contributed by atoms with Crippen LogP contribution in [0.5, 0.6) is 0 Å². The van der Waals surface area contributed by atoms with E-state index in [1.54, 1.807) is 6.07 Å². The number of primary amides is 1. The summed E-state index contributed by atoms with van der Waals surface area (Å²) in [6.45, 7) is 1.04. The lowest BCUT2D eigenvalue weighted by Crippen LogP contribution is -2.38. The number of rotatable bonds is 4. The van der Waals surface area contributed by atoms with Gasteiger partial charge in [0.1, 0.15) is 5.69 Å². The number of aliphatic imine (C=N–C) groups is 1. The predicted molar refractivity (Wildman–Crippen MR) is 75.0 cm³/mol. The number of nitrogens with two attached hydrogens (primary N) is 1. The van der Waals surface area contributed by atoms with Gasteiger partial charge < -0.3 is 10.6 Å². The summed E-state index contributed by atoms with van der Waals surface area (Å²) < 4.78 is 0. The molecule has 8 nitrogen and oxygen atoms in total. The van der Waals surface area contributed by atoms with Gasteiger partial charge in [-0.05, 0) is 25.0 Å². The average Bonchev–Trinajstić information content (AvgIpc) is 2.47. The molecule has 1 aromatic rings. The fourth-order valence-corrected chi connectivity index (χ4v) is 2.45. The maximum Gasteiger partial charge on any atom is 0.294 e. The van der Waals surface area contributed by atoms with Gasteiger partial charge in [0.25, 0.3) is 5.69 Å². The highest BCUT2D eigenvalue weighted by Gasteiger charge is 2.27. The van der Waals surface area contributed by atoms with Gasteiger partial charge in [-0.15, -0.1) is 0 Å². The first-order valence-corrected chi connectivity index (χ1v) is 6.43. The molecule has 0 atom stereocenters. The summed E-state index contributed by atoms with van der Waals surface area (Å²) in [6, 6.07) is 4.31. The lowest BCUT2D eigenvalue weighted by molar-refractivity contribution is -0.384. The molecule has 2 N–H and O–H groups in total. The highest BCUT2D eigenvalue weighted by molar-refractivity contribution is 5.77. The van der Waals surface area contributed by atoms with E-state index in [0.717, 1.165) is 0 Å². The molecule has 1 aromatic carbocycles. The van der Waals surface area contributed by atoms with Crippen molar-refractivity contribution in [3.05, 3.63) is 28.3 Å². The zero-order chi connectivity index (χ0) is 15.4. The summed E-state index contributed by atoms with van der Waals surface area (Å²) in [5.74, 6) is -0.515. The molecule has 1 fully saturated rings. The molecule has 21 heavy (non-hydrogen) atoms. The second-order valence-electron chi connectivity index (χ2n) is 4.80. The normalized spacial score (nSPS) is 15.3. The number of carbonyl (C=O) groups excluding carboxylic acids is 2. The zero-order valence-corrected chi connectivity index (χ0v) is 11.2. The lowest BCUT2D eigenvalue weighted by atomic mass is 9.96. The molecule has 1 heterocycles. The highest BCUT2D eigenvalue weighted by Crippen LogP contribution is 2.34. The number of piperidine rings is 1. The maximum atomic E-state index is 11.2. The third kappa shape index (κ3) is 3.24. The third-order valence-corrected chi connectivity index (χ3v) is 3.57. The van der Waals surface area contributed by atoms with Gasteiger partial charge in [0.05, 0.1) is 10.6 Å². The SMILES string of the molecule is NC(=O)C1CCN(c2ccc(N=C=O)cc2[N+](=O)[O-])CC1. The van der Waals surface area contributed by atoms with Crippen LogP contribution in [0.2, 0.25) is 0 Å². The first kappa shape index (κ1) is 14.7. The molecule has 0 aliphatic carbocycles. The number of isocyanates is 1. The van der Waals surface area contributed by atoms with Crippen molar-refractivity contribution in [2.24, 2.45) is 16.6 Å². The van der Waals surface area contributed by atoms with E-state index < -0.39 is 4.92 Å². The molecule has 110 valence electrons. The Hall–Kier alpha value is -2.73. The van der Waals surface area contributed by atoms with Crippen LogP contribution in [0.15, 0.2) is 23.2 Å². The summed E-state index contributed by atoms with van der Waals surface area (Å²) in [7, 11) is 0. The van der Waals surface area contributed by atoms with Gasteiger partial charge in [-0.1, -0.05) is 0 Å². The number of anilines is 1. The van der Waals surface area contributed by atoms with E-state index in [-0.39, 0.29) is 23.2 Å². The number of nitrogens with zero attached hydrogens (tertiary/aromatic N) is 3. The number of nitro groups is 1. The molecule has 2 rings (SSSR count). The van der Waals surface area contributed by atoms with Crippen LogP contribution in [-0.4, -0.2) is 30.0 Å². The Balaban J connectivity index is 2.26. The van der Waals surface area contributed by atoms with E-state index in [1.807, 2.05) is 4.90 Å². The van der Waals surface area contributed by atoms with Gasteiger partial charge in [-0.25, -0.2) is 4.79 Å². The van der Waals surface area contributed by atoms with E-state index >= 15 is 0 Å². The van der Waals surface area contributed by atoms with Crippen molar-refractivity contribution < 1.29 is 14.5 Å². The van der Waals surface area contributed by atoms with E-state index in [2.05, 4.69) is 4.99 Å². The van der Waals surface area contributed by atoms with Crippen LogP contribution in [0.25, 0.3) is 0 Å². The standard InChI is InChI=1S/C13H14N4O4/c14-13(19)9-3-5-16(6-4-9)11-2-1-10(15-8-18)7-12(11)17(20)21/h1-2,7,9H,3-6H2,(H2,14,19). The van der Waals surface area contributed by atoms with E-state index in [0.29, 0.717) is 31.6 Å². The number of nitro benzene ring substituents is 1.